The summed E-state index contributed by atoms with van der Waals surface area (Å²) in [4.78, 5) is 28.1. The molecule has 0 heterocycles. The van der Waals surface area contributed by atoms with Gasteiger partial charge in [0.1, 0.15) is 11.8 Å². The minimum Gasteiger partial charge on any atom is -0.497 e. The maximum Gasteiger partial charge on any atom is 0.243 e. The van der Waals surface area contributed by atoms with E-state index in [1.54, 1.807) is 23.8 Å². The number of nitrogens with one attached hydrogen (secondary N) is 1. The molecule has 1 N–H and O–H groups in total. The number of rotatable bonds is 10. The number of nitrogens with zero attached hydrogens (tertiary/aromatic N) is 1. The Morgan fingerprint density at radius 3 is 2.41 bits per heavy atom. The molecular weight excluding hydrogens is 420 g/mol. The molecular formula is C26H36N2O3S. The molecule has 174 valence electrons. The summed E-state index contributed by atoms with van der Waals surface area (Å²) in [6, 6.07) is 15.4. The molecule has 0 bridgehead atoms. The van der Waals surface area contributed by atoms with Gasteiger partial charge in [0.05, 0.1) is 12.9 Å². The topological polar surface area (TPSA) is 58.6 Å². The van der Waals surface area contributed by atoms with Crippen LogP contribution in [0.5, 0.6) is 5.75 Å². The molecule has 32 heavy (non-hydrogen) atoms. The molecule has 2 rings (SSSR count). The van der Waals surface area contributed by atoms with E-state index in [1.165, 1.54) is 11.1 Å². The monoisotopic (exact) mass is 456 g/mol. The number of carbonyl (C=O) groups is 2. The van der Waals surface area contributed by atoms with Crippen molar-refractivity contribution in [3.8, 4) is 5.75 Å². The Kier molecular flexibility index (Phi) is 9.63. The predicted octanol–water partition coefficient (Wildman–Crippen LogP) is 4.96. The number of hydrogen-bond donors (Lipinski definition) is 1. The minimum atomic E-state index is -0.535. The number of methoxy groups -OCH3 is 1. The summed E-state index contributed by atoms with van der Waals surface area (Å²) >= 11 is 1.57. The highest BCUT2D eigenvalue weighted by atomic mass is 32.2. The van der Waals surface area contributed by atoms with Crippen LogP contribution in [-0.2, 0) is 21.9 Å². The van der Waals surface area contributed by atoms with Crippen molar-refractivity contribution in [2.45, 2.75) is 64.9 Å². The first kappa shape index (κ1) is 25.8. The summed E-state index contributed by atoms with van der Waals surface area (Å²) < 4.78 is 5.33. The number of amides is 2. The molecule has 5 nitrogen and oxygen atoms in total. The highest BCUT2D eigenvalue weighted by molar-refractivity contribution is 7.99. The molecule has 0 aliphatic heterocycles. The number of ether oxygens (including phenoxy) is 1. The molecule has 2 amide bonds. The van der Waals surface area contributed by atoms with Crippen LogP contribution in [0.4, 0.5) is 0 Å². The zero-order valence-electron chi connectivity index (χ0n) is 20.1. The van der Waals surface area contributed by atoms with Gasteiger partial charge < -0.3 is 15.0 Å². The quantitative estimate of drug-likeness (QED) is 0.549. The van der Waals surface area contributed by atoms with E-state index in [0.717, 1.165) is 17.1 Å². The van der Waals surface area contributed by atoms with Gasteiger partial charge in [-0.15, -0.1) is 11.8 Å². The minimum absolute atomic E-state index is 0.0404. The predicted molar refractivity (Wildman–Crippen MR) is 133 cm³/mol. The highest BCUT2D eigenvalue weighted by Gasteiger charge is 2.30. The van der Waals surface area contributed by atoms with Gasteiger partial charge in [-0.3, -0.25) is 9.59 Å². The highest BCUT2D eigenvalue weighted by Crippen LogP contribution is 2.20. The molecule has 2 aromatic carbocycles. The van der Waals surface area contributed by atoms with Gasteiger partial charge in [0.15, 0.2) is 0 Å². The largest absolute Gasteiger partial charge is 0.497 e. The van der Waals surface area contributed by atoms with E-state index < -0.39 is 6.04 Å². The summed E-state index contributed by atoms with van der Waals surface area (Å²) in [7, 11) is 1.62. The van der Waals surface area contributed by atoms with Gasteiger partial charge in [0.2, 0.25) is 11.8 Å². The van der Waals surface area contributed by atoms with E-state index in [9.17, 15) is 9.59 Å². The Bertz CT molecular complexity index is 908. The molecule has 0 aliphatic carbocycles. The molecule has 0 saturated carbocycles. The number of hydrogen-bond acceptors (Lipinski definition) is 4. The van der Waals surface area contributed by atoms with E-state index in [0.29, 0.717) is 18.7 Å². The van der Waals surface area contributed by atoms with Gasteiger partial charge in [-0.2, -0.15) is 0 Å². The Balaban J connectivity index is 2.18. The van der Waals surface area contributed by atoms with Gasteiger partial charge in [0.25, 0.3) is 0 Å². The fraction of sp³-hybridized carbons (Fsp3) is 0.462. The van der Waals surface area contributed by atoms with Crippen molar-refractivity contribution in [1.29, 1.82) is 0 Å². The number of thioether (sulfide) groups is 1. The molecule has 2 aromatic rings. The molecule has 0 aliphatic rings. The third kappa shape index (κ3) is 8.23. The fourth-order valence-electron chi connectivity index (χ4n) is 3.48. The first-order valence-corrected chi connectivity index (χ1v) is 12.2. The van der Waals surface area contributed by atoms with Crippen LogP contribution in [0, 0.1) is 6.92 Å². The van der Waals surface area contributed by atoms with Crippen LogP contribution in [0.25, 0.3) is 0 Å². The molecule has 0 radical (unpaired) electrons. The average molecular weight is 457 g/mol. The number of carbonyl (C=O) groups excluding carboxylic acids is 2. The van der Waals surface area contributed by atoms with E-state index in [-0.39, 0.29) is 17.4 Å². The normalized spacial score (nSPS) is 12.2. The lowest BCUT2D eigenvalue weighted by atomic mass is 10.1. The smallest absolute Gasteiger partial charge is 0.243 e. The van der Waals surface area contributed by atoms with Crippen LogP contribution in [0.1, 0.15) is 50.8 Å². The third-order valence-corrected chi connectivity index (χ3v) is 5.94. The lowest BCUT2D eigenvalue weighted by Crippen LogP contribution is -2.53. The lowest BCUT2D eigenvalue weighted by Gasteiger charge is -2.33. The first-order chi connectivity index (χ1) is 15.1. The summed E-state index contributed by atoms with van der Waals surface area (Å²) in [6.45, 7) is 10.2. The van der Waals surface area contributed by atoms with Crippen LogP contribution in [0.2, 0.25) is 0 Å². The third-order valence-electron chi connectivity index (χ3n) is 4.95. The van der Waals surface area contributed by atoms with Crippen molar-refractivity contribution in [2.75, 3.05) is 12.9 Å². The maximum absolute atomic E-state index is 13.3. The van der Waals surface area contributed by atoms with Crippen molar-refractivity contribution >= 4 is 23.6 Å². The first-order valence-electron chi connectivity index (χ1n) is 11.0. The van der Waals surface area contributed by atoms with E-state index in [4.69, 9.17) is 4.74 Å². The van der Waals surface area contributed by atoms with Crippen LogP contribution < -0.4 is 10.1 Å². The molecule has 0 aromatic heterocycles. The Morgan fingerprint density at radius 1 is 1.09 bits per heavy atom. The van der Waals surface area contributed by atoms with Crippen molar-refractivity contribution in [3.05, 3.63) is 65.2 Å². The maximum atomic E-state index is 13.3. The van der Waals surface area contributed by atoms with Crippen molar-refractivity contribution < 1.29 is 14.3 Å². The van der Waals surface area contributed by atoms with Crippen molar-refractivity contribution in [1.82, 2.24) is 10.2 Å². The summed E-state index contributed by atoms with van der Waals surface area (Å²) in [5, 5.41) is 3.04. The molecule has 0 fully saturated rings. The average Bonchev–Trinajstić information content (AvgIpc) is 2.72. The van der Waals surface area contributed by atoms with E-state index in [2.05, 4.69) is 30.4 Å². The molecule has 1 atom stereocenters. The standard InChI is InChI=1S/C26H36N2O3S/c1-7-23(25(30)27-26(3,4)5)28(16-20-11-9-13-22(15-20)31-6)24(29)18-32-17-21-12-8-10-19(2)14-21/h8-15,23H,7,16-18H2,1-6H3,(H,27,30)/t23-/m1/s1. The van der Waals surface area contributed by atoms with Gasteiger partial charge in [-0.05, 0) is 57.4 Å². The van der Waals surface area contributed by atoms with Gasteiger partial charge in [0, 0.05) is 17.8 Å². The molecule has 0 spiro atoms. The second kappa shape index (κ2) is 12.0. The molecule has 6 heteroatoms. The summed E-state index contributed by atoms with van der Waals surface area (Å²) in [6.07, 6.45) is 0.542. The zero-order valence-corrected chi connectivity index (χ0v) is 20.9. The Morgan fingerprint density at radius 2 is 1.78 bits per heavy atom. The van der Waals surface area contributed by atoms with Crippen LogP contribution in [-0.4, -0.2) is 41.2 Å². The Hall–Kier alpha value is -2.47. The molecule has 0 saturated heterocycles. The van der Waals surface area contributed by atoms with Crippen molar-refractivity contribution in [2.24, 2.45) is 0 Å². The number of aryl methyl sites for hydroxylation is 1. The Labute approximate surface area is 196 Å². The fourth-order valence-corrected chi connectivity index (χ4v) is 4.34. The second-order valence-electron chi connectivity index (χ2n) is 9.02. The summed E-state index contributed by atoms with van der Waals surface area (Å²) in [5.41, 5.74) is 2.97. The van der Waals surface area contributed by atoms with Crippen LogP contribution >= 0.6 is 11.8 Å². The van der Waals surface area contributed by atoms with Crippen molar-refractivity contribution in [3.63, 3.8) is 0 Å². The zero-order chi connectivity index (χ0) is 23.7. The SMILES string of the molecule is CC[C@H](C(=O)NC(C)(C)C)N(Cc1cccc(OC)c1)C(=O)CSCc1cccc(C)c1. The van der Waals surface area contributed by atoms with E-state index in [1.807, 2.05) is 58.0 Å². The second-order valence-corrected chi connectivity index (χ2v) is 10.0. The van der Waals surface area contributed by atoms with Gasteiger partial charge in [-0.1, -0.05) is 48.9 Å². The summed E-state index contributed by atoms with van der Waals surface area (Å²) in [5.74, 6) is 1.64. The van der Waals surface area contributed by atoms with Gasteiger partial charge in [-0.25, -0.2) is 0 Å². The van der Waals surface area contributed by atoms with E-state index >= 15 is 0 Å². The van der Waals surface area contributed by atoms with Crippen LogP contribution in [0.3, 0.4) is 0 Å². The molecule has 0 unspecified atom stereocenters. The van der Waals surface area contributed by atoms with Gasteiger partial charge >= 0.3 is 0 Å². The lowest BCUT2D eigenvalue weighted by molar-refractivity contribution is -0.140. The van der Waals surface area contributed by atoms with Crippen LogP contribution in [0.15, 0.2) is 48.5 Å². The number of benzene rings is 2.